The van der Waals surface area contributed by atoms with Crippen LogP contribution >= 0.6 is 0 Å². The van der Waals surface area contributed by atoms with Crippen LogP contribution in [0.15, 0.2) is 24.3 Å². The molecule has 3 nitrogen and oxygen atoms in total. The fourth-order valence-corrected chi connectivity index (χ4v) is 13.5. The summed E-state index contributed by atoms with van der Waals surface area (Å²) < 4.78 is 0. The Labute approximate surface area is 243 Å². The number of carboxylic acids is 1. The third-order valence-electron chi connectivity index (χ3n) is 16.0. The van der Waals surface area contributed by atoms with Crippen molar-refractivity contribution in [2.45, 2.75) is 130 Å². The van der Waals surface area contributed by atoms with E-state index in [1.807, 2.05) is 12.1 Å². The molecular formula is C37H55NO2. The van der Waals surface area contributed by atoms with Crippen LogP contribution in [0.2, 0.25) is 0 Å². The second-order valence-corrected chi connectivity index (χ2v) is 17.6. The van der Waals surface area contributed by atoms with Crippen molar-refractivity contribution < 1.29 is 9.90 Å². The molecule has 3 heteroatoms. The van der Waals surface area contributed by atoms with Gasteiger partial charge in [0.25, 0.3) is 0 Å². The van der Waals surface area contributed by atoms with Crippen LogP contribution in [0.25, 0.3) is 0 Å². The molecule has 0 heterocycles. The molecule has 0 amide bonds. The number of fused-ring (bicyclic) bond motifs is 7. The van der Waals surface area contributed by atoms with Gasteiger partial charge in [0.2, 0.25) is 0 Å². The van der Waals surface area contributed by atoms with Gasteiger partial charge in [0, 0.05) is 5.54 Å². The van der Waals surface area contributed by atoms with E-state index < -0.39 is 5.97 Å². The molecule has 1 aromatic rings. The molecule has 0 saturated heterocycles. The lowest BCUT2D eigenvalue weighted by Crippen LogP contribution is -2.68. The molecule has 1 aromatic carbocycles. The van der Waals surface area contributed by atoms with Crippen LogP contribution in [-0.4, -0.2) is 16.6 Å². The molecule has 6 saturated carbocycles. The fraction of sp³-hybridized carbons (Fsp3) is 0.811. The van der Waals surface area contributed by atoms with Crippen LogP contribution in [0.1, 0.15) is 140 Å². The van der Waals surface area contributed by atoms with Crippen molar-refractivity contribution in [1.82, 2.24) is 0 Å². The third kappa shape index (κ3) is 3.42. The quantitative estimate of drug-likeness (QED) is 0.398. The summed E-state index contributed by atoms with van der Waals surface area (Å²) in [5.41, 5.74) is 11.2. The smallest absolute Gasteiger partial charge is 0.335 e. The Morgan fingerprint density at radius 1 is 0.725 bits per heavy atom. The largest absolute Gasteiger partial charge is 0.478 e. The highest BCUT2D eigenvalue weighted by atomic mass is 16.4. The van der Waals surface area contributed by atoms with Crippen molar-refractivity contribution in [3.63, 3.8) is 0 Å². The first-order chi connectivity index (χ1) is 18.7. The molecule has 3 N–H and O–H groups in total. The highest BCUT2D eigenvalue weighted by Gasteiger charge is 2.71. The minimum absolute atomic E-state index is 0.0982. The number of aromatic carboxylic acids is 1. The summed E-state index contributed by atoms with van der Waals surface area (Å²) in [6.07, 6.45) is 16.1. The van der Waals surface area contributed by atoms with Crippen molar-refractivity contribution in [2.75, 3.05) is 0 Å². The van der Waals surface area contributed by atoms with E-state index in [0.717, 1.165) is 23.7 Å². The predicted molar refractivity (Wildman–Crippen MR) is 162 cm³/mol. The molecule has 0 aromatic heterocycles. The van der Waals surface area contributed by atoms with Crippen LogP contribution in [0.3, 0.4) is 0 Å². The van der Waals surface area contributed by atoms with Gasteiger partial charge in [-0.2, -0.15) is 0 Å². The van der Waals surface area contributed by atoms with Gasteiger partial charge in [0.1, 0.15) is 0 Å². The Balaban J connectivity index is 1.20. The Morgan fingerprint density at radius 2 is 1.43 bits per heavy atom. The van der Waals surface area contributed by atoms with E-state index in [0.29, 0.717) is 39.1 Å². The number of carbonyl (C=O) groups is 1. The molecule has 6 fully saturated rings. The number of benzene rings is 1. The normalized spacial score (nSPS) is 50.2. The van der Waals surface area contributed by atoms with Crippen molar-refractivity contribution >= 4 is 5.97 Å². The molecule has 40 heavy (non-hydrogen) atoms. The van der Waals surface area contributed by atoms with Crippen molar-refractivity contribution in [3.8, 4) is 0 Å². The number of carboxylic acid groups (broad SMARTS) is 1. The Morgan fingerprint density at radius 3 is 2.08 bits per heavy atom. The molecule has 0 radical (unpaired) electrons. The van der Waals surface area contributed by atoms with Gasteiger partial charge in [-0.15, -0.1) is 0 Å². The highest BCUT2D eigenvalue weighted by Crippen LogP contribution is 2.78. The Hall–Kier alpha value is -1.35. The minimum Gasteiger partial charge on any atom is -0.478 e. The lowest BCUT2D eigenvalue weighted by molar-refractivity contribution is -0.234. The number of rotatable bonds is 3. The third-order valence-corrected chi connectivity index (χ3v) is 16.0. The zero-order valence-electron chi connectivity index (χ0n) is 26.2. The van der Waals surface area contributed by atoms with Crippen LogP contribution in [0.5, 0.6) is 0 Å². The van der Waals surface area contributed by atoms with E-state index in [2.05, 4.69) is 53.7 Å². The molecule has 0 bridgehead atoms. The van der Waals surface area contributed by atoms with E-state index >= 15 is 0 Å². The molecule has 10 atom stereocenters. The first-order valence-electron chi connectivity index (χ1n) is 16.8. The average molecular weight is 546 g/mol. The lowest BCUT2D eigenvalue weighted by atomic mass is 9.32. The van der Waals surface area contributed by atoms with Crippen LogP contribution in [0, 0.1) is 56.7 Å². The molecular weight excluding hydrogens is 490 g/mol. The first kappa shape index (κ1) is 27.5. The zero-order valence-corrected chi connectivity index (χ0v) is 26.2. The van der Waals surface area contributed by atoms with Crippen LogP contribution in [-0.2, 0) is 0 Å². The van der Waals surface area contributed by atoms with E-state index in [1.54, 1.807) is 0 Å². The summed E-state index contributed by atoms with van der Waals surface area (Å²) in [4.78, 5) is 11.5. The molecule has 7 rings (SSSR count). The van der Waals surface area contributed by atoms with Gasteiger partial charge >= 0.3 is 5.97 Å². The first-order valence-corrected chi connectivity index (χ1v) is 16.8. The van der Waals surface area contributed by atoms with Crippen molar-refractivity contribution in [2.24, 2.45) is 62.4 Å². The molecule has 0 aliphatic heterocycles. The lowest BCUT2D eigenvalue weighted by Gasteiger charge is -2.73. The summed E-state index contributed by atoms with van der Waals surface area (Å²) in [5, 5.41) is 9.43. The van der Waals surface area contributed by atoms with E-state index in [4.69, 9.17) is 5.73 Å². The summed E-state index contributed by atoms with van der Waals surface area (Å²) in [6, 6.07) is 7.86. The zero-order chi connectivity index (χ0) is 28.5. The second kappa shape index (κ2) is 8.39. The van der Waals surface area contributed by atoms with Crippen molar-refractivity contribution in [3.05, 3.63) is 35.4 Å². The maximum atomic E-state index is 11.5. The Kier molecular flexibility index (Phi) is 5.76. The Bertz CT molecular complexity index is 1200. The summed E-state index contributed by atoms with van der Waals surface area (Å²) in [7, 11) is 0. The average Bonchev–Trinajstić information content (AvgIpc) is 3.53. The number of hydrogen-bond acceptors (Lipinski definition) is 2. The van der Waals surface area contributed by atoms with Gasteiger partial charge in [-0.25, -0.2) is 4.79 Å². The molecule has 6 aliphatic rings. The predicted octanol–water partition coefficient (Wildman–Crippen LogP) is 9.06. The van der Waals surface area contributed by atoms with E-state index in [-0.39, 0.29) is 11.0 Å². The second-order valence-electron chi connectivity index (χ2n) is 17.6. The standard InChI is InChI=1S/C37H55NO2/c1-32(2)25(23-7-9-24(10-8-23)31(39)40)13-16-34(4)28(32)15-17-36(6)29(34)12-11-27-30-26(33(3)19-20-33)14-18-37(30,38)22-21-35(27,36)5/h7-10,25-30H,11-22,38H2,1-6H3,(H,39,40)/t25-,26-,27-,28+,29-,30-,34+,35-,36-,37+/m1/s1. The summed E-state index contributed by atoms with van der Waals surface area (Å²) in [6.45, 7) is 15.9. The fourth-order valence-electron chi connectivity index (χ4n) is 13.5. The monoisotopic (exact) mass is 545 g/mol. The van der Waals surface area contributed by atoms with Gasteiger partial charge in [-0.1, -0.05) is 53.7 Å². The maximum Gasteiger partial charge on any atom is 0.335 e. The SMILES string of the molecule is CC1([C@@H]2CC[C@]3(N)CC[C@]4(C)[C@H](CC[C@@H]5[C@@]6(C)CC[C@H](c7ccc(C(=O)O)cc7)C(C)(C)[C@@H]6CC[C@]54C)[C@@H]23)CC1. The van der Waals surface area contributed by atoms with Gasteiger partial charge in [0.15, 0.2) is 0 Å². The maximum absolute atomic E-state index is 11.5. The molecule has 0 unspecified atom stereocenters. The molecule has 0 spiro atoms. The molecule has 220 valence electrons. The van der Waals surface area contributed by atoms with Gasteiger partial charge < -0.3 is 10.8 Å². The molecule has 6 aliphatic carbocycles. The summed E-state index contributed by atoms with van der Waals surface area (Å²) in [5.74, 6) is 3.56. The van der Waals surface area contributed by atoms with E-state index in [9.17, 15) is 9.90 Å². The minimum atomic E-state index is -0.831. The van der Waals surface area contributed by atoms with Crippen LogP contribution < -0.4 is 5.73 Å². The number of nitrogens with two attached hydrogens (primary N) is 1. The summed E-state index contributed by atoms with van der Waals surface area (Å²) >= 11 is 0. The van der Waals surface area contributed by atoms with Crippen molar-refractivity contribution in [1.29, 1.82) is 0 Å². The van der Waals surface area contributed by atoms with Crippen LogP contribution in [0.4, 0.5) is 0 Å². The number of hydrogen-bond donors (Lipinski definition) is 2. The van der Waals surface area contributed by atoms with E-state index in [1.165, 1.54) is 82.6 Å². The topological polar surface area (TPSA) is 63.3 Å². The van der Waals surface area contributed by atoms with Gasteiger partial charge in [0.05, 0.1) is 5.56 Å². The van der Waals surface area contributed by atoms with Gasteiger partial charge in [-0.05, 0) is 157 Å². The highest BCUT2D eigenvalue weighted by molar-refractivity contribution is 5.87. The van der Waals surface area contributed by atoms with Gasteiger partial charge in [-0.3, -0.25) is 0 Å².